The third-order valence-corrected chi connectivity index (χ3v) is 7.72. The lowest BCUT2D eigenvalue weighted by Crippen LogP contribution is -2.49. The molecule has 3 heteroatoms. The van der Waals surface area contributed by atoms with E-state index < -0.39 is 11.2 Å². The van der Waals surface area contributed by atoms with Crippen molar-refractivity contribution in [3.63, 3.8) is 0 Å². The van der Waals surface area contributed by atoms with Gasteiger partial charge in [0, 0.05) is 0 Å². The zero-order chi connectivity index (χ0) is 27.5. The van der Waals surface area contributed by atoms with E-state index >= 15 is 0 Å². The normalized spacial score (nSPS) is 11.8. The van der Waals surface area contributed by atoms with E-state index in [1.807, 2.05) is 19.9 Å². The highest BCUT2D eigenvalue weighted by atomic mass is 16.5. The molecule has 0 aliphatic carbocycles. The van der Waals surface area contributed by atoms with E-state index in [0.29, 0.717) is 7.48 Å². The molecule has 0 aliphatic heterocycles. The van der Waals surface area contributed by atoms with Crippen molar-refractivity contribution in [3.8, 4) is 44.5 Å². The minimum absolute atomic E-state index is 0.440. The Morgan fingerprint density at radius 3 is 1.36 bits per heavy atom. The lowest BCUT2D eigenvalue weighted by Gasteiger charge is -2.37. The van der Waals surface area contributed by atoms with E-state index in [4.69, 9.17) is 4.65 Å². The lowest BCUT2D eigenvalue weighted by molar-refractivity contribution is -0.0893. The van der Waals surface area contributed by atoms with Crippen LogP contribution in [0, 0.1) is 0 Å². The van der Waals surface area contributed by atoms with Gasteiger partial charge in [0.05, 0.1) is 11.2 Å². The smallest absolute Gasteiger partial charge is 0.309 e. The van der Waals surface area contributed by atoms with Crippen molar-refractivity contribution in [2.24, 2.45) is 0 Å². The minimum Gasteiger partial charge on any atom is -0.427 e. The first-order valence-electron chi connectivity index (χ1n) is 13.5. The lowest BCUT2D eigenvalue weighted by atomic mass is 9.81. The summed E-state index contributed by atoms with van der Waals surface area (Å²) in [6.45, 7) is 7.41. The molecule has 5 rings (SSSR count). The van der Waals surface area contributed by atoms with Crippen molar-refractivity contribution in [1.29, 1.82) is 0 Å². The van der Waals surface area contributed by atoms with Crippen molar-refractivity contribution in [1.82, 2.24) is 0 Å². The fraction of sp³-hybridized carbons (Fsp3) is 0.167. The molecule has 0 radical (unpaired) electrons. The number of aliphatic hydroxyl groups is 1. The Labute approximate surface area is 233 Å². The van der Waals surface area contributed by atoms with Crippen LogP contribution in [0.2, 0.25) is 0 Å². The van der Waals surface area contributed by atoms with Crippen LogP contribution in [0.15, 0.2) is 127 Å². The van der Waals surface area contributed by atoms with Crippen LogP contribution >= 0.6 is 0 Å². The second-order valence-corrected chi connectivity index (χ2v) is 11.2. The largest absolute Gasteiger partial charge is 0.427 e. The number of rotatable bonds is 8. The van der Waals surface area contributed by atoms with Crippen LogP contribution in [0.5, 0.6) is 0 Å². The van der Waals surface area contributed by atoms with Gasteiger partial charge in [-0.05, 0) is 84.3 Å². The molecule has 0 bridgehead atoms. The number of hydrogen-bond acceptors (Lipinski definition) is 2. The molecule has 0 unspecified atom stereocenters. The maximum absolute atomic E-state index is 10.4. The molecule has 0 spiro atoms. The van der Waals surface area contributed by atoms with Gasteiger partial charge in [0.25, 0.3) is 0 Å². The van der Waals surface area contributed by atoms with Crippen molar-refractivity contribution >= 4 is 12.9 Å². The second kappa shape index (κ2) is 11.1. The first-order valence-corrected chi connectivity index (χ1v) is 13.5. The molecule has 39 heavy (non-hydrogen) atoms. The van der Waals surface area contributed by atoms with E-state index in [-0.39, 0.29) is 0 Å². The fourth-order valence-electron chi connectivity index (χ4n) is 4.52. The van der Waals surface area contributed by atoms with Crippen LogP contribution in [0.25, 0.3) is 44.5 Å². The zero-order valence-corrected chi connectivity index (χ0v) is 23.2. The summed E-state index contributed by atoms with van der Waals surface area (Å²) in [5, 5.41) is 10.4. The predicted molar refractivity (Wildman–Crippen MR) is 166 cm³/mol. The maximum atomic E-state index is 10.4. The van der Waals surface area contributed by atoms with E-state index in [1.54, 1.807) is 13.8 Å². The highest BCUT2D eigenvalue weighted by Gasteiger charge is 2.35. The van der Waals surface area contributed by atoms with E-state index in [1.165, 1.54) is 33.4 Å². The van der Waals surface area contributed by atoms with Gasteiger partial charge in [0.2, 0.25) is 0 Å². The maximum Gasteiger partial charge on any atom is 0.309 e. The summed E-state index contributed by atoms with van der Waals surface area (Å²) in [7, 11) is 0.440. The molecule has 194 valence electrons. The van der Waals surface area contributed by atoms with E-state index in [9.17, 15) is 5.11 Å². The highest BCUT2D eigenvalue weighted by molar-refractivity contribution is 6.47. The zero-order valence-electron chi connectivity index (χ0n) is 23.2. The summed E-state index contributed by atoms with van der Waals surface area (Å²) in [5.41, 5.74) is 9.02. The molecule has 0 saturated carbocycles. The van der Waals surface area contributed by atoms with Crippen molar-refractivity contribution in [3.05, 3.63) is 127 Å². The molecule has 0 aliphatic rings. The molecule has 0 atom stereocenters. The second-order valence-electron chi connectivity index (χ2n) is 11.2. The Balaban J connectivity index is 1.37. The standard InChI is InChI=1S/C36H35BO2/c1-35(2,38)36(3,4)39-37-34-18-10-17-33(25-34)32-16-9-15-31(24-32)30-14-8-13-29(23-30)28-21-19-27(20-22-28)26-11-6-5-7-12-26/h5-25,37-38H,1-4H3. The summed E-state index contributed by atoms with van der Waals surface area (Å²) in [6, 6.07) is 45.1. The molecular formula is C36H35BO2. The third kappa shape index (κ3) is 6.22. The van der Waals surface area contributed by atoms with E-state index in [2.05, 4.69) is 121 Å². The monoisotopic (exact) mass is 510 g/mol. The summed E-state index contributed by atoms with van der Waals surface area (Å²) < 4.78 is 6.10. The van der Waals surface area contributed by atoms with Gasteiger partial charge < -0.3 is 9.76 Å². The van der Waals surface area contributed by atoms with Crippen molar-refractivity contribution in [2.45, 2.75) is 38.9 Å². The van der Waals surface area contributed by atoms with Crippen LogP contribution in [0.4, 0.5) is 0 Å². The summed E-state index contributed by atoms with van der Waals surface area (Å²) in [5.74, 6) is 0. The number of benzene rings is 5. The minimum atomic E-state index is -0.933. The van der Waals surface area contributed by atoms with Crippen LogP contribution < -0.4 is 5.46 Å². The van der Waals surface area contributed by atoms with Gasteiger partial charge in [0.1, 0.15) is 0 Å². The van der Waals surface area contributed by atoms with Crippen LogP contribution in [-0.2, 0) is 4.65 Å². The first kappa shape index (κ1) is 26.7. The van der Waals surface area contributed by atoms with Crippen LogP contribution in [0.1, 0.15) is 27.7 Å². The van der Waals surface area contributed by atoms with Gasteiger partial charge in [-0.2, -0.15) is 0 Å². The summed E-state index contributed by atoms with van der Waals surface area (Å²) in [6.07, 6.45) is 0. The Bertz CT molecular complexity index is 1550. The molecule has 0 fully saturated rings. The molecular weight excluding hydrogens is 475 g/mol. The Hall–Kier alpha value is -3.92. The van der Waals surface area contributed by atoms with Gasteiger partial charge in [-0.1, -0.05) is 121 Å². The van der Waals surface area contributed by atoms with Crippen LogP contribution in [-0.4, -0.2) is 23.8 Å². The highest BCUT2D eigenvalue weighted by Crippen LogP contribution is 2.31. The fourth-order valence-corrected chi connectivity index (χ4v) is 4.52. The molecule has 5 aromatic carbocycles. The molecule has 0 amide bonds. The average Bonchev–Trinajstić information content (AvgIpc) is 2.96. The molecule has 1 N–H and O–H groups in total. The quantitative estimate of drug-likeness (QED) is 0.215. The molecule has 2 nitrogen and oxygen atoms in total. The number of hydrogen-bond donors (Lipinski definition) is 1. The predicted octanol–water partition coefficient (Wildman–Crippen LogP) is 7.90. The Morgan fingerprint density at radius 1 is 0.462 bits per heavy atom. The van der Waals surface area contributed by atoms with Gasteiger partial charge in [-0.25, -0.2) is 0 Å². The van der Waals surface area contributed by atoms with Crippen molar-refractivity contribution in [2.75, 3.05) is 0 Å². The third-order valence-electron chi connectivity index (χ3n) is 7.72. The molecule has 0 saturated heterocycles. The van der Waals surface area contributed by atoms with Gasteiger partial charge in [-0.3, -0.25) is 0 Å². The average molecular weight is 510 g/mol. The van der Waals surface area contributed by atoms with Gasteiger partial charge in [0.15, 0.2) is 0 Å². The Morgan fingerprint density at radius 2 is 0.846 bits per heavy atom. The van der Waals surface area contributed by atoms with Gasteiger partial charge >= 0.3 is 7.48 Å². The molecule has 5 aromatic rings. The van der Waals surface area contributed by atoms with Gasteiger partial charge in [-0.15, -0.1) is 0 Å². The topological polar surface area (TPSA) is 29.5 Å². The van der Waals surface area contributed by atoms with Crippen molar-refractivity contribution < 1.29 is 9.76 Å². The molecule has 0 heterocycles. The summed E-state index contributed by atoms with van der Waals surface area (Å²) >= 11 is 0. The summed E-state index contributed by atoms with van der Waals surface area (Å²) in [4.78, 5) is 0. The Kier molecular flexibility index (Phi) is 7.57. The van der Waals surface area contributed by atoms with E-state index in [0.717, 1.165) is 16.6 Å². The molecule has 0 aromatic heterocycles. The SMILES string of the molecule is CC(C)(O)C(C)(C)OBc1cccc(-c2cccc(-c3cccc(-c4ccc(-c5ccccc5)cc4)c3)c2)c1. The first-order chi connectivity index (χ1) is 18.7. The van der Waals surface area contributed by atoms with Crippen LogP contribution in [0.3, 0.4) is 0 Å².